The van der Waals surface area contributed by atoms with Gasteiger partial charge >= 0.3 is 0 Å². The van der Waals surface area contributed by atoms with Crippen LogP contribution in [0.3, 0.4) is 0 Å². The third-order valence-corrected chi connectivity index (χ3v) is 2.99. The molecule has 0 saturated carbocycles. The number of nitrogens with zero attached hydrogens (tertiary/aromatic N) is 1. The van der Waals surface area contributed by atoms with Gasteiger partial charge in [-0.2, -0.15) is 0 Å². The number of nitrogens with two attached hydrogens (primary N) is 1. The lowest BCUT2D eigenvalue weighted by Crippen LogP contribution is -2.26. The Labute approximate surface area is 96.5 Å². The molecule has 2 nitrogen and oxygen atoms in total. The Kier molecular flexibility index (Phi) is 2.68. The van der Waals surface area contributed by atoms with Crippen LogP contribution < -0.4 is 5.73 Å². The minimum atomic E-state index is 0.0281. The van der Waals surface area contributed by atoms with E-state index in [1.165, 1.54) is 10.9 Å². The molecule has 0 saturated heterocycles. The molecular formula is C14H18N2. The summed E-state index contributed by atoms with van der Waals surface area (Å²) in [5.41, 5.74) is 7.55. The fourth-order valence-electron chi connectivity index (χ4n) is 1.87. The molecule has 2 aromatic rings. The molecule has 1 aromatic carbocycles. The van der Waals surface area contributed by atoms with E-state index in [0.717, 1.165) is 5.39 Å². The van der Waals surface area contributed by atoms with E-state index in [9.17, 15) is 0 Å². The lowest BCUT2D eigenvalue weighted by Gasteiger charge is -2.28. The fraction of sp³-hybridized carbons (Fsp3) is 0.357. The van der Waals surface area contributed by atoms with Crippen LogP contribution in [0.1, 0.15) is 32.4 Å². The summed E-state index contributed by atoms with van der Waals surface area (Å²) >= 11 is 0. The third-order valence-electron chi connectivity index (χ3n) is 2.99. The van der Waals surface area contributed by atoms with Gasteiger partial charge in [-0.25, -0.2) is 0 Å². The molecule has 0 spiro atoms. The van der Waals surface area contributed by atoms with Crippen LogP contribution in [0.4, 0.5) is 0 Å². The van der Waals surface area contributed by atoms with Crippen molar-refractivity contribution in [3.05, 3.63) is 42.2 Å². The Balaban J connectivity index is 2.61. The monoisotopic (exact) mass is 214 g/mol. The van der Waals surface area contributed by atoms with Gasteiger partial charge in [-0.3, -0.25) is 4.98 Å². The zero-order valence-corrected chi connectivity index (χ0v) is 10.1. The molecule has 1 heterocycles. The number of benzene rings is 1. The van der Waals surface area contributed by atoms with Crippen LogP contribution in [0.2, 0.25) is 0 Å². The Morgan fingerprint density at radius 3 is 2.62 bits per heavy atom. The summed E-state index contributed by atoms with van der Waals surface area (Å²) in [5, 5.41) is 2.36. The minimum Gasteiger partial charge on any atom is -0.323 e. The fourth-order valence-corrected chi connectivity index (χ4v) is 1.87. The van der Waals surface area contributed by atoms with Crippen molar-refractivity contribution < 1.29 is 0 Å². The predicted octanol–water partition coefficient (Wildman–Crippen LogP) is 3.28. The van der Waals surface area contributed by atoms with Crippen molar-refractivity contribution in [3.63, 3.8) is 0 Å². The first-order chi connectivity index (χ1) is 7.50. The first-order valence-corrected chi connectivity index (χ1v) is 5.58. The highest BCUT2D eigenvalue weighted by Gasteiger charge is 2.23. The molecular weight excluding hydrogens is 196 g/mol. The lowest BCUT2D eigenvalue weighted by atomic mass is 9.82. The van der Waals surface area contributed by atoms with E-state index in [2.05, 4.69) is 44.0 Å². The third kappa shape index (κ3) is 1.93. The maximum absolute atomic E-state index is 6.31. The molecule has 0 aliphatic rings. The summed E-state index contributed by atoms with van der Waals surface area (Å²) < 4.78 is 0. The smallest absolute Gasteiger partial charge is 0.0350 e. The van der Waals surface area contributed by atoms with E-state index in [4.69, 9.17) is 5.73 Å². The molecule has 2 N–H and O–H groups in total. The van der Waals surface area contributed by atoms with Crippen molar-refractivity contribution >= 4 is 10.8 Å². The van der Waals surface area contributed by atoms with E-state index < -0.39 is 0 Å². The highest BCUT2D eigenvalue weighted by atomic mass is 14.7. The first-order valence-electron chi connectivity index (χ1n) is 5.58. The Hall–Kier alpha value is -1.41. The lowest BCUT2D eigenvalue weighted by molar-refractivity contribution is 0.328. The molecule has 0 aliphatic heterocycles. The van der Waals surface area contributed by atoms with E-state index in [1.807, 2.05) is 18.5 Å². The van der Waals surface area contributed by atoms with Crippen LogP contribution in [0.25, 0.3) is 10.8 Å². The maximum atomic E-state index is 6.31. The van der Waals surface area contributed by atoms with E-state index >= 15 is 0 Å². The Morgan fingerprint density at radius 1 is 1.19 bits per heavy atom. The van der Waals surface area contributed by atoms with Gasteiger partial charge in [0.15, 0.2) is 0 Å². The summed E-state index contributed by atoms with van der Waals surface area (Å²) in [6.07, 6.45) is 3.71. The minimum absolute atomic E-state index is 0.0281. The first kappa shape index (κ1) is 11.1. The molecule has 0 amide bonds. The molecule has 2 rings (SSSR count). The van der Waals surface area contributed by atoms with Gasteiger partial charge in [0.05, 0.1) is 0 Å². The second-order valence-corrected chi connectivity index (χ2v) is 5.29. The largest absolute Gasteiger partial charge is 0.323 e. The standard InChI is InChI=1S/C14H18N2/c1-14(2,3)13(15)11-6-4-5-10-7-8-16-9-12(10)11/h4-9,13H,15H2,1-3H3. The van der Waals surface area contributed by atoms with Crippen molar-refractivity contribution in [2.45, 2.75) is 26.8 Å². The molecule has 2 heteroatoms. The molecule has 0 bridgehead atoms. The Morgan fingerprint density at radius 2 is 1.94 bits per heavy atom. The molecule has 0 radical (unpaired) electrons. The van der Waals surface area contributed by atoms with Crippen LogP contribution >= 0.6 is 0 Å². The quantitative estimate of drug-likeness (QED) is 0.791. The predicted molar refractivity (Wildman–Crippen MR) is 68.1 cm³/mol. The molecule has 0 fully saturated rings. The van der Waals surface area contributed by atoms with Gasteiger partial charge in [-0.05, 0) is 22.4 Å². The molecule has 0 aliphatic carbocycles. The number of hydrogen-bond acceptors (Lipinski definition) is 2. The number of aromatic nitrogens is 1. The maximum Gasteiger partial charge on any atom is 0.0350 e. The summed E-state index contributed by atoms with van der Waals surface area (Å²) in [6, 6.07) is 8.30. The Bertz CT molecular complexity index is 492. The number of hydrogen-bond donors (Lipinski definition) is 1. The van der Waals surface area contributed by atoms with Gasteiger partial charge in [-0.15, -0.1) is 0 Å². The summed E-state index contributed by atoms with van der Waals surface area (Å²) in [7, 11) is 0. The van der Waals surface area contributed by atoms with E-state index in [-0.39, 0.29) is 11.5 Å². The molecule has 1 atom stereocenters. The number of fused-ring (bicyclic) bond motifs is 1. The molecule has 16 heavy (non-hydrogen) atoms. The topological polar surface area (TPSA) is 38.9 Å². The average Bonchev–Trinajstić information content (AvgIpc) is 2.26. The normalized spacial score (nSPS) is 14.0. The molecule has 1 unspecified atom stereocenters. The van der Waals surface area contributed by atoms with Crippen molar-refractivity contribution in [2.75, 3.05) is 0 Å². The van der Waals surface area contributed by atoms with Gasteiger partial charge in [0.2, 0.25) is 0 Å². The zero-order chi connectivity index (χ0) is 11.8. The van der Waals surface area contributed by atoms with Crippen LogP contribution in [-0.4, -0.2) is 4.98 Å². The van der Waals surface area contributed by atoms with Crippen molar-refractivity contribution in [2.24, 2.45) is 11.1 Å². The molecule has 1 aromatic heterocycles. The second-order valence-electron chi connectivity index (χ2n) is 5.29. The van der Waals surface area contributed by atoms with Crippen molar-refractivity contribution in [1.29, 1.82) is 0 Å². The summed E-state index contributed by atoms with van der Waals surface area (Å²) in [5.74, 6) is 0. The van der Waals surface area contributed by atoms with Gasteiger partial charge < -0.3 is 5.73 Å². The van der Waals surface area contributed by atoms with Crippen LogP contribution in [0.5, 0.6) is 0 Å². The second kappa shape index (κ2) is 3.87. The average molecular weight is 214 g/mol. The van der Waals surface area contributed by atoms with Crippen molar-refractivity contribution in [1.82, 2.24) is 4.98 Å². The van der Waals surface area contributed by atoms with Gasteiger partial charge in [-0.1, -0.05) is 39.0 Å². The van der Waals surface area contributed by atoms with E-state index in [1.54, 1.807) is 0 Å². The van der Waals surface area contributed by atoms with Gasteiger partial charge in [0.25, 0.3) is 0 Å². The SMILES string of the molecule is CC(C)(C)C(N)c1cccc2ccncc12. The highest BCUT2D eigenvalue weighted by molar-refractivity contribution is 5.85. The van der Waals surface area contributed by atoms with Crippen LogP contribution in [0.15, 0.2) is 36.7 Å². The van der Waals surface area contributed by atoms with Gasteiger partial charge in [0, 0.05) is 23.8 Å². The highest BCUT2D eigenvalue weighted by Crippen LogP contribution is 2.33. The number of rotatable bonds is 1. The molecule has 84 valence electrons. The van der Waals surface area contributed by atoms with Gasteiger partial charge in [0.1, 0.15) is 0 Å². The van der Waals surface area contributed by atoms with E-state index in [0.29, 0.717) is 0 Å². The zero-order valence-electron chi connectivity index (χ0n) is 10.1. The summed E-state index contributed by atoms with van der Waals surface area (Å²) in [4.78, 5) is 4.18. The van der Waals surface area contributed by atoms with Crippen LogP contribution in [-0.2, 0) is 0 Å². The summed E-state index contributed by atoms with van der Waals surface area (Å²) in [6.45, 7) is 6.48. The number of pyridine rings is 1. The van der Waals surface area contributed by atoms with Crippen LogP contribution in [0, 0.1) is 5.41 Å². The van der Waals surface area contributed by atoms with Crippen molar-refractivity contribution in [3.8, 4) is 0 Å².